The van der Waals surface area contributed by atoms with E-state index >= 15 is 0 Å². The molecule has 0 aliphatic heterocycles. The molecule has 0 unspecified atom stereocenters. The molecule has 0 radical (unpaired) electrons. The summed E-state index contributed by atoms with van der Waals surface area (Å²) < 4.78 is 0. The van der Waals surface area contributed by atoms with E-state index in [0.29, 0.717) is 12.1 Å². The minimum atomic E-state index is 0.0119. The number of nitrogens with one attached hydrogen (secondary N) is 1. The van der Waals surface area contributed by atoms with Crippen LogP contribution < -0.4 is 11.1 Å². The average Bonchev–Trinajstić information content (AvgIpc) is 2.95. The minimum Gasteiger partial charge on any atom is -0.352 e. The molecule has 1 aromatic heterocycles. The third kappa shape index (κ3) is 4.66. The summed E-state index contributed by atoms with van der Waals surface area (Å²) in [5, 5.41) is 4.87. The van der Waals surface area contributed by atoms with E-state index in [0.717, 1.165) is 23.8 Å². The summed E-state index contributed by atoms with van der Waals surface area (Å²) in [6.07, 6.45) is 7.85. The van der Waals surface area contributed by atoms with Crippen LogP contribution in [0.1, 0.15) is 53.8 Å². The van der Waals surface area contributed by atoms with E-state index in [2.05, 4.69) is 17.2 Å². The number of nitrogens with two attached hydrogens (primary N) is 1. The zero-order valence-corrected chi connectivity index (χ0v) is 12.6. The van der Waals surface area contributed by atoms with Crippen LogP contribution >= 0.6 is 11.3 Å². The van der Waals surface area contributed by atoms with Crippen LogP contribution in [0.15, 0.2) is 11.4 Å². The van der Waals surface area contributed by atoms with Crippen LogP contribution in [0.4, 0.5) is 0 Å². The number of thiophene rings is 1. The summed E-state index contributed by atoms with van der Waals surface area (Å²) in [6.45, 7) is 1.13. The maximum atomic E-state index is 12.0. The Bertz CT molecular complexity index is 492. The lowest BCUT2D eigenvalue weighted by atomic mass is 9.87. The van der Waals surface area contributed by atoms with E-state index in [-0.39, 0.29) is 5.91 Å². The van der Waals surface area contributed by atoms with Gasteiger partial charge in [0.05, 0.1) is 17.0 Å². The predicted octanol–water partition coefficient (Wildman–Crippen LogP) is 2.76. The summed E-state index contributed by atoms with van der Waals surface area (Å²) in [5.74, 6) is 6.57. The Morgan fingerprint density at radius 2 is 2.20 bits per heavy atom. The van der Waals surface area contributed by atoms with Gasteiger partial charge in [0.15, 0.2) is 0 Å². The first-order chi connectivity index (χ1) is 9.79. The van der Waals surface area contributed by atoms with Gasteiger partial charge in [0.1, 0.15) is 0 Å². The fraction of sp³-hybridized carbons (Fsp3) is 0.562. The monoisotopic (exact) mass is 290 g/mol. The highest BCUT2D eigenvalue weighted by molar-refractivity contribution is 7.10. The van der Waals surface area contributed by atoms with E-state index in [1.165, 1.54) is 43.4 Å². The van der Waals surface area contributed by atoms with Crippen molar-refractivity contribution in [3.05, 3.63) is 21.9 Å². The standard InChI is InChI=1S/C16H22N2OS/c17-9-4-7-15-11-14(12-20-15)16(19)18-10-8-13-5-2-1-3-6-13/h11-13H,1-3,5-6,8-10,17H2,(H,18,19). The summed E-state index contributed by atoms with van der Waals surface area (Å²) in [5.41, 5.74) is 6.04. The van der Waals surface area contributed by atoms with Gasteiger partial charge in [-0.1, -0.05) is 43.9 Å². The second-order valence-electron chi connectivity index (χ2n) is 5.25. The fourth-order valence-electron chi connectivity index (χ4n) is 2.63. The molecule has 3 nitrogen and oxygen atoms in total. The third-order valence-electron chi connectivity index (χ3n) is 3.74. The van der Waals surface area contributed by atoms with E-state index < -0.39 is 0 Å². The molecule has 20 heavy (non-hydrogen) atoms. The lowest BCUT2D eigenvalue weighted by Gasteiger charge is -2.21. The lowest BCUT2D eigenvalue weighted by molar-refractivity contribution is 0.0951. The van der Waals surface area contributed by atoms with Gasteiger partial charge >= 0.3 is 0 Å². The van der Waals surface area contributed by atoms with E-state index in [1.807, 2.05) is 11.4 Å². The van der Waals surface area contributed by atoms with Crippen molar-refractivity contribution in [1.82, 2.24) is 5.32 Å². The van der Waals surface area contributed by atoms with Crippen molar-refractivity contribution in [2.75, 3.05) is 13.1 Å². The molecule has 0 saturated heterocycles. The maximum absolute atomic E-state index is 12.0. The lowest BCUT2D eigenvalue weighted by Crippen LogP contribution is -2.26. The molecule has 1 amide bonds. The molecule has 108 valence electrons. The van der Waals surface area contributed by atoms with Crippen LogP contribution in [0, 0.1) is 17.8 Å². The van der Waals surface area contributed by atoms with Crippen LogP contribution in [-0.2, 0) is 0 Å². The summed E-state index contributed by atoms with van der Waals surface area (Å²) >= 11 is 1.49. The number of hydrogen-bond acceptors (Lipinski definition) is 3. The average molecular weight is 290 g/mol. The molecular weight excluding hydrogens is 268 g/mol. The van der Waals surface area contributed by atoms with Crippen LogP contribution in [-0.4, -0.2) is 19.0 Å². The zero-order valence-electron chi connectivity index (χ0n) is 11.8. The molecular formula is C16H22N2OS. The molecule has 1 aliphatic carbocycles. The first-order valence-corrected chi connectivity index (χ1v) is 8.23. The Morgan fingerprint density at radius 3 is 2.95 bits per heavy atom. The molecule has 1 aromatic rings. The fourth-order valence-corrected chi connectivity index (χ4v) is 3.38. The smallest absolute Gasteiger partial charge is 0.252 e. The second kappa shape index (κ2) is 8.08. The molecule has 0 bridgehead atoms. The van der Waals surface area contributed by atoms with Gasteiger partial charge in [-0.2, -0.15) is 0 Å². The van der Waals surface area contributed by atoms with Crippen molar-refractivity contribution in [3.63, 3.8) is 0 Å². The van der Waals surface area contributed by atoms with Crippen molar-refractivity contribution < 1.29 is 4.79 Å². The minimum absolute atomic E-state index is 0.0119. The Balaban J connectivity index is 1.75. The first-order valence-electron chi connectivity index (χ1n) is 7.35. The Morgan fingerprint density at radius 1 is 1.40 bits per heavy atom. The van der Waals surface area contributed by atoms with Crippen LogP contribution in [0.25, 0.3) is 0 Å². The van der Waals surface area contributed by atoms with Gasteiger partial charge in [-0.25, -0.2) is 0 Å². The molecule has 2 rings (SSSR count). The second-order valence-corrected chi connectivity index (χ2v) is 6.17. The summed E-state index contributed by atoms with van der Waals surface area (Å²) in [4.78, 5) is 12.9. The highest BCUT2D eigenvalue weighted by Gasteiger charge is 2.14. The molecule has 1 aliphatic rings. The van der Waals surface area contributed by atoms with Gasteiger partial charge in [-0.15, -0.1) is 11.3 Å². The topological polar surface area (TPSA) is 55.1 Å². The first kappa shape index (κ1) is 15.1. The van der Waals surface area contributed by atoms with Crippen LogP contribution in [0.3, 0.4) is 0 Å². The molecule has 1 heterocycles. The van der Waals surface area contributed by atoms with Crippen LogP contribution in [0.5, 0.6) is 0 Å². The van der Waals surface area contributed by atoms with Crippen molar-refractivity contribution in [2.45, 2.75) is 38.5 Å². The van der Waals surface area contributed by atoms with Crippen LogP contribution in [0.2, 0.25) is 0 Å². The zero-order chi connectivity index (χ0) is 14.2. The van der Waals surface area contributed by atoms with Gasteiger partial charge in [0.2, 0.25) is 0 Å². The molecule has 3 N–H and O–H groups in total. The molecule has 4 heteroatoms. The summed E-state index contributed by atoms with van der Waals surface area (Å²) in [6, 6.07) is 1.84. The summed E-state index contributed by atoms with van der Waals surface area (Å²) in [7, 11) is 0. The SMILES string of the molecule is NCC#Cc1cc(C(=O)NCCC2CCCCC2)cs1. The normalized spacial score (nSPS) is 15.4. The molecule has 1 fully saturated rings. The van der Waals surface area contributed by atoms with Gasteiger partial charge in [-0.3, -0.25) is 4.79 Å². The Hall–Kier alpha value is -1.31. The third-order valence-corrected chi connectivity index (χ3v) is 4.58. The maximum Gasteiger partial charge on any atom is 0.252 e. The molecule has 0 spiro atoms. The quantitative estimate of drug-likeness (QED) is 0.838. The number of rotatable bonds is 4. The molecule has 0 atom stereocenters. The van der Waals surface area contributed by atoms with Gasteiger partial charge in [0.25, 0.3) is 5.91 Å². The highest BCUT2D eigenvalue weighted by atomic mass is 32.1. The Kier molecular flexibility index (Phi) is 6.10. The largest absolute Gasteiger partial charge is 0.352 e. The van der Waals surface area contributed by atoms with Crippen molar-refractivity contribution in [2.24, 2.45) is 11.7 Å². The number of carbonyl (C=O) groups excluding carboxylic acids is 1. The highest BCUT2D eigenvalue weighted by Crippen LogP contribution is 2.25. The van der Waals surface area contributed by atoms with Crippen molar-refractivity contribution in [3.8, 4) is 11.8 Å². The number of hydrogen-bond donors (Lipinski definition) is 2. The predicted molar refractivity (Wildman–Crippen MR) is 83.8 cm³/mol. The van der Waals surface area contributed by atoms with E-state index in [4.69, 9.17) is 5.73 Å². The Labute approximate surface area is 124 Å². The van der Waals surface area contributed by atoms with E-state index in [9.17, 15) is 4.79 Å². The van der Waals surface area contributed by atoms with E-state index in [1.54, 1.807) is 0 Å². The van der Waals surface area contributed by atoms with Crippen molar-refractivity contribution >= 4 is 17.2 Å². The van der Waals surface area contributed by atoms with Gasteiger partial charge in [-0.05, 0) is 18.4 Å². The van der Waals surface area contributed by atoms with Gasteiger partial charge in [0, 0.05) is 11.9 Å². The molecule has 0 aromatic carbocycles. The number of amides is 1. The molecule has 1 saturated carbocycles. The van der Waals surface area contributed by atoms with Crippen molar-refractivity contribution in [1.29, 1.82) is 0 Å². The van der Waals surface area contributed by atoms with Gasteiger partial charge < -0.3 is 11.1 Å². The number of carbonyl (C=O) groups is 1.